The van der Waals surface area contributed by atoms with Gasteiger partial charge in [0.1, 0.15) is 0 Å². The lowest BCUT2D eigenvalue weighted by molar-refractivity contribution is -0.144. The molecule has 0 fully saturated rings. The van der Waals surface area contributed by atoms with E-state index in [1.54, 1.807) is 19.2 Å². The molecule has 0 aliphatic heterocycles. The molecule has 0 aliphatic rings. The van der Waals surface area contributed by atoms with Crippen molar-refractivity contribution in [2.24, 2.45) is 0 Å². The number of carboxylic acids is 1. The molecule has 0 bridgehead atoms. The lowest BCUT2D eigenvalue weighted by Gasteiger charge is -2.29. The van der Waals surface area contributed by atoms with Crippen LogP contribution in [0.1, 0.15) is 5.56 Å². The number of nitrogens with one attached hydrogen (secondary N) is 1. The van der Waals surface area contributed by atoms with E-state index in [-0.39, 0.29) is 0 Å². The Morgan fingerprint density at radius 1 is 1.19 bits per heavy atom. The lowest BCUT2D eigenvalue weighted by atomic mass is 9.92. The molecule has 0 amide bonds. The van der Waals surface area contributed by atoms with Gasteiger partial charge in [-0.1, -0.05) is 41.9 Å². The molecule has 0 spiro atoms. The monoisotopic (exact) mass is 321 g/mol. The first-order valence-corrected chi connectivity index (χ1v) is 7.81. The molecule has 110 valence electrons. The number of thioether (sulfide) groups is 1. The molecule has 2 aromatic carbocycles. The summed E-state index contributed by atoms with van der Waals surface area (Å²) in [5.74, 6) is -0.512. The van der Waals surface area contributed by atoms with Gasteiger partial charge in [-0.15, -0.1) is 11.8 Å². The first kappa shape index (κ1) is 15.9. The van der Waals surface area contributed by atoms with Crippen molar-refractivity contribution in [3.05, 3.63) is 65.2 Å². The molecule has 1 atom stereocenters. The number of hydrogen-bond donors (Lipinski definition) is 2. The quantitative estimate of drug-likeness (QED) is 0.798. The van der Waals surface area contributed by atoms with E-state index >= 15 is 0 Å². The van der Waals surface area contributed by atoms with Crippen molar-refractivity contribution in [1.29, 1.82) is 0 Å². The Morgan fingerprint density at radius 2 is 1.81 bits per heavy atom. The molecule has 21 heavy (non-hydrogen) atoms. The minimum absolute atomic E-state index is 0.379. The second-order valence-corrected chi connectivity index (χ2v) is 6.05. The fraction of sp³-hybridized carbons (Fsp3) is 0.188. The highest BCUT2D eigenvalue weighted by molar-refractivity contribution is 7.99. The first-order valence-electron chi connectivity index (χ1n) is 6.45. The van der Waals surface area contributed by atoms with Crippen molar-refractivity contribution < 1.29 is 9.90 Å². The molecule has 0 aromatic heterocycles. The third kappa shape index (κ3) is 3.59. The van der Waals surface area contributed by atoms with Crippen molar-refractivity contribution in [3.63, 3.8) is 0 Å². The van der Waals surface area contributed by atoms with Crippen molar-refractivity contribution in [2.75, 3.05) is 12.8 Å². The van der Waals surface area contributed by atoms with E-state index in [2.05, 4.69) is 5.32 Å². The highest BCUT2D eigenvalue weighted by Gasteiger charge is 2.38. The summed E-state index contributed by atoms with van der Waals surface area (Å²) in [7, 11) is 1.67. The van der Waals surface area contributed by atoms with Crippen LogP contribution in [0, 0.1) is 0 Å². The van der Waals surface area contributed by atoms with E-state index in [0.29, 0.717) is 10.8 Å². The summed E-state index contributed by atoms with van der Waals surface area (Å²) < 4.78 is 0. The van der Waals surface area contributed by atoms with E-state index in [1.165, 1.54) is 11.8 Å². The second kappa shape index (κ2) is 6.98. The molecule has 0 saturated carbocycles. The molecule has 0 aliphatic carbocycles. The van der Waals surface area contributed by atoms with Gasteiger partial charge in [0.05, 0.1) is 0 Å². The third-order valence-corrected chi connectivity index (χ3v) is 4.76. The van der Waals surface area contributed by atoms with Gasteiger partial charge >= 0.3 is 5.97 Å². The normalized spacial score (nSPS) is 13.6. The predicted octanol–water partition coefficient (Wildman–Crippen LogP) is 3.63. The van der Waals surface area contributed by atoms with Gasteiger partial charge in [-0.25, -0.2) is 4.79 Å². The molecule has 3 nitrogen and oxygen atoms in total. The van der Waals surface area contributed by atoms with Crippen LogP contribution in [-0.2, 0) is 10.3 Å². The fourth-order valence-electron chi connectivity index (χ4n) is 2.04. The number of carboxylic acid groups (broad SMARTS) is 1. The molecule has 2 aromatic rings. The van der Waals surface area contributed by atoms with Crippen LogP contribution in [0.15, 0.2) is 59.5 Å². The van der Waals surface area contributed by atoms with Gasteiger partial charge in [0.2, 0.25) is 0 Å². The van der Waals surface area contributed by atoms with Crippen molar-refractivity contribution in [2.45, 2.75) is 10.4 Å². The first-order chi connectivity index (χ1) is 10.1. The van der Waals surface area contributed by atoms with Crippen molar-refractivity contribution >= 4 is 29.3 Å². The average molecular weight is 322 g/mol. The Balaban J connectivity index is 2.25. The molecule has 2 rings (SSSR count). The minimum Gasteiger partial charge on any atom is -0.480 e. The Kier molecular flexibility index (Phi) is 5.28. The summed E-state index contributed by atoms with van der Waals surface area (Å²) in [6, 6.07) is 16.6. The van der Waals surface area contributed by atoms with Gasteiger partial charge in [-0.05, 0) is 36.9 Å². The maximum absolute atomic E-state index is 11.8. The van der Waals surface area contributed by atoms with E-state index in [1.807, 2.05) is 42.5 Å². The van der Waals surface area contributed by atoms with E-state index in [4.69, 9.17) is 11.6 Å². The fourth-order valence-corrected chi connectivity index (χ4v) is 3.31. The zero-order valence-electron chi connectivity index (χ0n) is 11.5. The third-order valence-electron chi connectivity index (χ3n) is 3.33. The smallest absolute Gasteiger partial charge is 0.329 e. The molecular weight excluding hydrogens is 306 g/mol. The van der Waals surface area contributed by atoms with E-state index in [0.717, 1.165) is 10.5 Å². The minimum atomic E-state index is -1.12. The van der Waals surface area contributed by atoms with Crippen LogP contribution in [0.2, 0.25) is 5.02 Å². The summed E-state index contributed by atoms with van der Waals surface area (Å²) in [5.41, 5.74) is -0.382. The largest absolute Gasteiger partial charge is 0.480 e. The Bertz CT molecular complexity index is 603. The SMILES string of the molecule is CNC(CSc1ccc(Cl)cc1)(C(=O)O)c1ccccc1. The van der Waals surface area contributed by atoms with Gasteiger partial charge in [-0.2, -0.15) is 0 Å². The maximum atomic E-state index is 11.8. The summed E-state index contributed by atoms with van der Waals surface area (Å²) in [4.78, 5) is 12.8. The topological polar surface area (TPSA) is 49.3 Å². The average Bonchev–Trinajstić information content (AvgIpc) is 2.51. The zero-order chi connectivity index (χ0) is 15.3. The summed E-state index contributed by atoms with van der Waals surface area (Å²) in [6.45, 7) is 0. The predicted molar refractivity (Wildman–Crippen MR) is 87.0 cm³/mol. The molecule has 0 saturated heterocycles. The van der Waals surface area contributed by atoms with Crippen molar-refractivity contribution in [1.82, 2.24) is 5.32 Å². The van der Waals surface area contributed by atoms with Gasteiger partial charge < -0.3 is 10.4 Å². The number of halogens is 1. The van der Waals surface area contributed by atoms with Crippen LogP contribution in [0.5, 0.6) is 0 Å². The number of benzene rings is 2. The molecule has 2 N–H and O–H groups in total. The standard InChI is InChI=1S/C16H16ClNO2S/c1-18-16(15(19)20,12-5-3-2-4-6-12)11-21-14-9-7-13(17)8-10-14/h2-10,18H,11H2,1H3,(H,19,20). The van der Waals surface area contributed by atoms with Crippen molar-refractivity contribution in [3.8, 4) is 0 Å². The molecule has 5 heteroatoms. The summed E-state index contributed by atoms with van der Waals surface area (Å²) in [6.07, 6.45) is 0. The molecule has 0 heterocycles. The highest BCUT2D eigenvalue weighted by atomic mass is 35.5. The number of hydrogen-bond acceptors (Lipinski definition) is 3. The number of rotatable bonds is 6. The van der Waals surface area contributed by atoms with E-state index in [9.17, 15) is 9.90 Å². The van der Waals surface area contributed by atoms with Gasteiger partial charge in [0, 0.05) is 15.7 Å². The van der Waals surface area contributed by atoms with Crippen LogP contribution in [0.3, 0.4) is 0 Å². The lowest BCUT2D eigenvalue weighted by Crippen LogP contribution is -2.49. The molecule has 1 unspecified atom stereocenters. The van der Waals surface area contributed by atoms with Crippen LogP contribution in [-0.4, -0.2) is 23.9 Å². The van der Waals surface area contributed by atoms with E-state index < -0.39 is 11.5 Å². The maximum Gasteiger partial charge on any atom is 0.329 e. The Labute approximate surface area is 133 Å². The van der Waals surface area contributed by atoms with Gasteiger partial charge in [0.15, 0.2) is 5.54 Å². The molecule has 0 radical (unpaired) electrons. The number of likely N-dealkylation sites (N-methyl/N-ethyl adjacent to an activating group) is 1. The van der Waals surface area contributed by atoms with Crippen LogP contribution < -0.4 is 5.32 Å². The van der Waals surface area contributed by atoms with Crippen LogP contribution in [0.25, 0.3) is 0 Å². The Hall–Kier alpha value is -1.49. The zero-order valence-corrected chi connectivity index (χ0v) is 13.1. The van der Waals surface area contributed by atoms with Crippen LogP contribution >= 0.6 is 23.4 Å². The second-order valence-electron chi connectivity index (χ2n) is 4.57. The summed E-state index contributed by atoms with van der Waals surface area (Å²) >= 11 is 7.34. The number of carbonyl (C=O) groups is 1. The van der Waals surface area contributed by atoms with Gasteiger partial charge in [-0.3, -0.25) is 0 Å². The Morgan fingerprint density at radius 3 is 2.33 bits per heavy atom. The molecular formula is C16H16ClNO2S. The van der Waals surface area contributed by atoms with Crippen LogP contribution in [0.4, 0.5) is 0 Å². The van der Waals surface area contributed by atoms with Gasteiger partial charge in [0.25, 0.3) is 0 Å². The highest BCUT2D eigenvalue weighted by Crippen LogP contribution is 2.30. The summed E-state index contributed by atoms with van der Waals surface area (Å²) in [5, 5.41) is 13.3. The number of aliphatic carboxylic acids is 1.